The Kier molecular flexibility index (Phi) is 4.53. The molecule has 4 heteroatoms. The highest BCUT2D eigenvalue weighted by Crippen LogP contribution is 2.31. The van der Waals surface area contributed by atoms with Gasteiger partial charge in [-0.15, -0.1) is 0 Å². The second-order valence-corrected chi connectivity index (χ2v) is 5.90. The number of ketones is 1. The minimum absolute atomic E-state index is 0.0275. The molecule has 0 aromatic heterocycles. The third-order valence-electron chi connectivity index (χ3n) is 3.90. The second kappa shape index (κ2) is 6.00. The molecule has 1 fully saturated rings. The van der Waals surface area contributed by atoms with Crippen LogP contribution in [-0.2, 0) is 0 Å². The highest BCUT2D eigenvalue weighted by atomic mass is 19.1. The molecule has 20 heavy (non-hydrogen) atoms. The van der Waals surface area contributed by atoms with Crippen LogP contribution in [0.1, 0.15) is 44.0 Å². The van der Waals surface area contributed by atoms with Crippen molar-refractivity contribution in [1.82, 2.24) is 4.90 Å². The molecule has 2 nitrogen and oxygen atoms in total. The Morgan fingerprint density at radius 3 is 2.45 bits per heavy atom. The van der Waals surface area contributed by atoms with Crippen molar-refractivity contribution < 1.29 is 13.6 Å². The molecule has 1 saturated carbocycles. The summed E-state index contributed by atoms with van der Waals surface area (Å²) in [6.45, 7) is 6.74. The lowest BCUT2D eigenvalue weighted by Crippen LogP contribution is -2.44. The molecule has 0 amide bonds. The van der Waals surface area contributed by atoms with Crippen molar-refractivity contribution in [2.24, 2.45) is 5.92 Å². The third-order valence-corrected chi connectivity index (χ3v) is 3.90. The molecule has 1 aliphatic carbocycles. The highest BCUT2D eigenvalue weighted by Gasteiger charge is 2.31. The number of benzene rings is 1. The number of nitrogens with zero attached hydrogens (tertiary/aromatic N) is 1. The van der Waals surface area contributed by atoms with Crippen LogP contribution in [0.3, 0.4) is 0 Å². The van der Waals surface area contributed by atoms with Crippen molar-refractivity contribution in [3.05, 3.63) is 35.4 Å². The Hall–Kier alpha value is -1.29. The van der Waals surface area contributed by atoms with Gasteiger partial charge < -0.3 is 0 Å². The monoisotopic (exact) mass is 281 g/mol. The molecular weight excluding hydrogens is 260 g/mol. The van der Waals surface area contributed by atoms with Gasteiger partial charge in [-0.25, -0.2) is 8.78 Å². The molecule has 2 rings (SSSR count). The van der Waals surface area contributed by atoms with E-state index in [0.717, 1.165) is 18.7 Å². The summed E-state index contributed by atoms with van der Waals surface area (Å²) >= 11 is 0. The predicted molar refractivity (Wildman–Crippen MR) is 74.7 cm³/mol. The van der Waals surface area contributed by atoms with Crippen LogP contribution in [0, 0.1) is 17.6 Å². The molecule has 0 saturated heterocycles. The molecule has 0 N–H and O–H groups in total. The van der Waals surface area contributed by atoms with Gasteiger partial charge in [-0.1, -0.05) is 0 Å². The summed E-state index contributed by atoms with van der Waals surface area (Å²) in [6, 6.07) is 2.96. The smallest absolute Gasteiger partial charge is 0.182 e. The number of rotatable bonds is 6. The number of Topliss-reactive ketones (excluding diaryl/α,β-unsaturated/α-hetero) is 1. The Morgan fingerprint density at radius 1 is 1.30 bits per heavy atom. The van der Waals surface area contributed by atoms with Gasteiger partial charge in [0.2, 0.25) is 0 Å². The van der Waals surface area contributed by atoms with E-state index < -0.39 is 17.7 Å². The zero-order chi connectivity index (χ0) is 14.9. The summed E-state index contributed by atoms with van der Waals surface area (Å²) in [5.74, 6) is -1.06. The summed E-state index contributed by atoms with van der Waals surface area (Å²) in [5.41, 5.74) is -0.0275. The Labute approximate surface area is 118 Å². The van der Waals surface area contributed by atoms with Gasteiger partial charge in [0, 0.05) is 18.7 Å². The van der Waals surface area contributed by atoms with Crippen LogP contribution in [0.4, 0.5) is 8.78 Å². The van der Waals surface area contributed by atoms with Gasteiger partial charge in [0.25, 0.3) is 0 Å². The summed E-state index contributed by atoms with van der Waals surface area (Å²) in [6.07, 6.45) is 2.41. The molecule has 0 bridgehead atoms. The predicted octanol–water partition coefficient (Wildman–Crippen LogP) is 3.66. The maximum atomic E-state index is 13.7. The average molecular weight is 281 g/mol. The molecular formula is C16H21F2NO. The zero-order valence-corrected chi connectivity index (χ0v) is 12.2. The van der Waals surface area contributed by atoms with Crippen LogP contribution < -0.4 is 0 Å². The van der Waals surface area contributed by atoms with Crippen LogP contribution in [-0.4, -0.2) is 29.3 Å². The molecule has 110 valence electrons. The number of carbonyl (C=O) groups is 1. The van der Waals surface area contributed by atoms with Gasteiger partial charge >= 0.3 is 0 Å². The molecule has 0 radical (unpaired) electrons. The minimum atomic E-state index is -0.781. The lowest BCUT2D eigenvalue weighted by molar-refractivity contribution is 0.0774. The van der Waals surface area contributed by atoms with Crippen molar-refractivity contribution in [3.8, 4) is 0 Å². The molecule has 1 aromatic carbocycles. The topological polar surface area (TPSA) is 20.3 Å². The molecule has 0 heterocycles. The van der Waals surface area contributed by atoms with Gasteiger partial charge in [0.05, 0.1) is 11.6 Å². The maximum absolute atomic E-state index is 13.7. The first-order valence-electron chi connectivity index (χ1n) is 7.15. The fraction of sp³-hybridized carbons (Fsp3) is 0.562. The van der Waals surface area contributed by atoms with Gasteiger partial charge in [0.1, 0.15) is 11.6 Å². The van der Waals surface area contributed by atoms with Crippen molar-refractivity contribution in [2.75, 3.05) is 6.54 Å². The zero-order valence-electron chi connectivity index (χ0n) is 12.2. The molecule has 1 atom stereocenters. The number of carbonyl (C=O) groups excluding carboxylic acids is 1. The second-order valence-electron chi connectivity index (χ2n) is 5.90. The number of hydrogen-bond donors (Lipinski definition) is 0. The summed E-state index contributed by atoms with van der Waals surface area (Å²) in [7, 11) is 0. The fourth-order valence-corrected chi connectivity index (χ4v) is 2.48. The lowest BCUT2D eigenvalue weighted by Gasteiger charge is -2.32. The van der Waals surface area contributed by atoms with Gasteiger partial charge in [-0.2, -0.15) is 0 Å². The van der Waals surface area contributed by atoms with Crippen LogP contribution in [0.25, 0.3) is 0 Å². The van der Waals surface area contributed by atoms with E-state index in [4.69, 9.17) is 0 Å². The molecule has 1 unspecified atom stereocenters. The SMILES string of the molecule is CC(C)N(CC1CC1)C(C)C(=O)c1ccc(F)cc1F. The van der Waals surface area contributed by atoms with Crippen LogP contribution in [0.15, 0.2) is 18.2 Å². The van der Waals surface area contributed by atoms with Gasteiger partial charge in [0.15, 0.2) is 5.78 Å². The molecule has 0 spiro atoms. The lowest BCUT2D eigenvalue weighted by atomic mass is 10.0. The summed E-state index contributed by atoms with van der Waals surface area (Å²) in [4.78, 5) is 14.5. The van der Waals surface area contributed by atoms with E-state index in [1.54, 1.807) is 6.92 Å². The fourth-order valence-electron chi connectivity index (χ4n) is 2.48. The minimum Gasteiger partial charge on any atom is -0.292 e. The van der Waals surface area contributed by atoms with Crippen LogP contribution in [0.5, 0.6) is 0 Å². The number of halogens is 2. The standard InChI is InChI=1S/C16H21F2NO/c1-10(2)19(9-12-4-5-12)11(3)16(20)14-7-6-13(17)8-15(14)18/h6-8,10-12H,4-5,9H2,1-3H3. The van der Waals surface area contributed by atoms with Crippen LogP contribution >= 0.6 is 0 Å². The Morgan fingerprint density at radius 2 is 1.95 bits per heavy atom. The van der Waals surface area contributed by atoms with E-state index in [2.05, 4.69) is 4.90 Å². The average Bonchev–Trinajstić information content (AvgIpc) is 3.18. The quantitative estimate of drug-likeness (QED) is 0.742. The van der Waals surface area contributed by atoms with E-state index in [1.165, 1.54) is 18.9 Å². The summed E-state index contributed by atoms with van der Waals surface area (Å²) < 4.78 is 26.6. The number of hydrogen-bond acceptors (Lipinski definition) is 2. The van der Waals surface area contributed by atoms with E-state index in [1.807, 2.05) is 13.8 Å². The molecule has 1 aromatic rings. The molecule has 1 aliphatic rings. The van der Waals surface area contributed by atoms with Gasteiger partial charge in [-0.3, -0.25) is 9.69 Å². The first kappa shape index (κ1) is 15.1. The van der Waals surface area contributed by atoms with E-state index in [-0.39, 0.29) is 17.4 Å². The third kappa shape index (κ3) is 3.42. The first-order valence-corrected chi connectivity index (χ1v) is 7.15. The van der Waals surface area contributed by atoms with E-state index in [0.29, 0.717) is 5.92 Å². The largest absolute Gasteiger partial charge is 0.292 e. The summed E-state index contributed by atoms with van der Waals surface area (Å²) in [5, 5.41) is 0. The van der Waals surface area contributed by atoms with Crippen molar-refractivity contribution in [3.63, 3.8) is 0 Å². The maximum Gasteiger partial charge on any atom is 0.182 e. The Balaban J connectivity index is 2.16. The molecule has 0 aliphatic heterocycles. The van der Waals surface area contributed by atoms with E-state index in [9.17, 15) is 13.6 Å². The van der Waals surface area contributed by atoms with Crippen molar-refractivity contribution >= 4 is 5.78 Å². The van der Waals surface area contributed by atoms with Crippen molar-refractivity contribution in [1.29, 1.82) is 0 Å². The first-order chi connectivity index (χ1) is 9.40. The normalized spacial score (nSPS) is 16.8. The van der Waals surface area contributed by atoms with E-state index >= 15 is 0 Å². The van der Waals surface area contributed by atoms with Crippen LogP contribution in [0.2, 0.25) is 0 Å². The highest BCUT2D eigenvalue weighted by molar-refractivity contribution is 6.00. The van der Waals surface area contributed by atoms with Gasteiger partial charge in [-0.05, 0) is 51.7 Å². The Bertz CT molecular complexity index is 497. The van der Waals surface area contributed by atoms with Crippen molar-refractivity contribution in [2.45, 2.75) is 45.7 Å².